The van der Waals surface area contributed by atoms with Gasteiger partial charge in [-0.15, -0.1) is 0 Å². The zero-order valence-electron chi connectivity index (χ0n) is 15.9. The largest absolute Gasteiger partial charge is 0.454 e. The Bertz CT molecular complexity index is 1080. The van der Waals surface area contributed by atoms with Crippen molar-refractivity contribution in [1.82, 2.24) is 5.32 Å². The average Bonchev–Trinajstić information content (AvgIpc) is 3.20. The molecule has 6 nitrogen and oxygen atoms in total. The number of hydrogen-bond donors (Lipinski definition) is 2. The summed E-state index contributed by atoms with van der Waals surface area (Å²) in [4.78, 5) is 25.4. The molecule has 0 unspecified atom stereocenters. The molecule has 6 heteroatoms. The highest BCUT2D eigenvalue weighted by atomic mass is 16.7. The lowest BCUT2D eigenvalue weighted by Crippen LogP contribution is -2.25. The molecule has 29 heavy (non-hydrogen) atoms. The van der Waals surface area contributed by atoms with Gasteiger partial charge >= 0.3 is 0 Å². The number of hydrogen-bond acceptors (Lipinski definition) is 4. The molecule has 146 valence electrons. The van der Waals surface area contributed by atoms with Gasteiger partial charge in [-0.1, -0.05) is 36.4 Å². The third-order valence-electron chi connectivity index (χ3n) is 4.70. The normalized spacial score (nSPS) is 11.8. The van der Waals surface area contributed by atoms with Crippen LogP contribution in [0.15, 0.2) is 66.7 Å². The van der Waals surface area contributed by atoms with Crippen LogP contribution in [0.2, 0.25) is 0 Å². The van der Waals surface area contributed by atoms with Crippen LogP contribution in [-0.2, 0) is 6.54 Å². The topological polar surface area (TPSA) is 76.7 Å². The zero-order valence-corrected chi connectivity index (χ0v) is 15.9. The Labute approximate surface area is 168 Å². The maximum Gasteiger partial charge on any atom is 0.255 e. The number of para-hydroxylation sites is 1. The Morgan fingerprint density at radius 1 is 0.862 bits per heavy atom. The van der Waals surface area contributed by atoms with E-state index in [1.54, 1.807) is 30.3 Å². The summed E-state index contributed by atoms with van der Waals surface area (Å²) in [6.07, 6.45) is 0. The second-order valence-electron chi connectivity index (χ2n) is 6.68. The first-order valence-electron chi connectivity index (χ1n) is 9.24. The van der Waals surface area contributed by atoms with Crippen molar-refractivity contribution in [3.63, 3.8) is 0 Å². The fourth-order valence-electron chi connectivity index (χ4n) is 3.14. The third-order valence-corrected chi connectivity index (χ3v) is 4.70. The number of nitrogens with one attached hydrogen (secondary N) is 2. The van der Waals surface area contributed by atoms with Crippen LogP contribution in [0, 0.1) is 6.92 Å². The SMILES string of the molecule is Cc1ccccc1C(=O)Nc1ccccc1C(=O)NCc1ccc2c(c1)OCO2. The molecule has 0 spiro atoms. The van der Waals surface area contributed by atoms with Crippen molar-refractivity contribution in [3.8, 4) is 11.5 Å². The highest BCUT2D eigenvalue weighted by Crippen LogP contribution is 2.32. The van der Waals surface area contributed by atoms with Crippen molar-refractivity contribution < 1.29 is 19.1 Å². The van der Waals surface area contributed by atoms with Crippen molar-refractivity contribution in [1.29, 1.82) is 0 Å². The van der Waals surface area contributed by atoms with Crippen LogP contribution in [0.4, 0.5) is 5.69 Å². The fourth-order valence-corrected chi connectivity index (χ4v) is 3.14. The van der Waals surface area contributed by atoms with E-state index in [0.717, 1.165) is 11.1 Å². The van der Waals surface area contributed by atoms with Gasteiger partial charge in [0.1, 0.15) is 0 Å². The number of aryl methyl sites for hydroxylation is 1. The van der Waals surface area contributed by atoms with E-state index in [1.165, 1.54) is 0 Å². The van der Waals surface area contributed by atoms with Crippen LogP contribution < -0.4 is 20.1 Å². The van der Waals surface area contributed by atoms with Gasteiger partial charge in [0, 0.05) is 12.1 Å². The van der Waals surface area contributed by atoms with Crippen molar-refractivity contribution in [2.75, 3.05) is 12.1 Å². The average molecular weight is 388 g/mol. The summed E-state index contributed by atoms with van der Waals surface area (Å²) in [5.74, 6) is 0.842. The number of carbonyl (C=O) groups is 2. The molecule has 0 bridgehead atoms. The molecule has 1 heterocycles. The second kappa shape index (κ2) is 8.06. The first-order valence-corrected chi connectivity index (χ1v) is 9.24. The van der Waals surface area contributed by atoms with Crippen LogP contribution >= 0.6 is 0 Å². The third kappa shape index (κ3) is 4.06. The zero-order chi connectivity index (χ0) is 20.2. The quantitative estimate of drug-likeness (QED) is 0.695. The van der Waals surface area contributed by atoms with E-state index in [0.29, 0.717) is 34.9 Å². The Balaban J connectivity index is 1.46. The Morgan fingerprint density at radius 3 is 2.41 bits per heavy atom. The number of ether oxygens (including phenoxy) is 2. The minimum atomic E-state index is -0.275. The van der Waals surface area contributed by atoms with Crippen LogP contribution in [0.25, 0.3) is 0 Å². The van der Waals surface area contributed by atoms with Gasteiger partial charge in [0.2, 0.25) is 6.79 Å². The first-order chi connectivity index (χ1) is 14.1. The van der Waals surface area contributed by atoms with Crippen LogP contribution in [0.3, 0.4) is 0 Å². The highest BCUT2D eigenvalue weighted by molar-refractivity contribution is 6.09. The molecular formula is C23H20N2O4. The number of carbonyl (C=O) groups excluding carboxylic acids is 2. The maximum absolute atomic E-state index is 12.7. The van der Waals surface area contributed by atoms with Crippen LogP contribution in [-0.4, -0.2) is 18.6 Å². The van der Waals surface area contributed by atoms with E-state index in [1.807, 2.05) is 43.3 Å². The lowest BCUT2D eigenvalue weighted by Gasteiger charge is -2.12. The predicted molar refractivity (Wildman–Crippen MR) is 109 cm³/mol. The summed E-state index contributed by atoms with van der Waals surface area (Å²) in [7, 11) is 0. The fraction of sp³-hybridized carbons (Fsp3) is 0.130. The number of fused-ring (bicyclic) bond motifs is 1. The molecule has 3 aromatic rings. The molecule has 0 aromatic heterocycles. The first kappa shape index (κ1) is 18.6. The Hall–Kier alpha value is -3.80. The Kier molecular flexibility index (Phi) is 5.16. The smallest absolute Gasteiger partial charge is 0.255 e. The molecule has 2 amide bonds. The van der Waals surface area contributed by atoms with Gasteiger partial charge < -0.3 is 20.1 Å². The molecule has 0 saturated carbocycles. The minimum Gasteiger partial charge on any atom is -0.454 e. The number of rotatable bonds is 5. The van der Waals surface area contributed by atoms with Crippen LogP contribution in [0.1, 0.15) is 31.8 Å². The summed E-state index contributed by atoms with van der Waals surface area (Å²) in [5.41, 5.74) is 3.20. The van der Waals surface area contributed by atoms with Crippen LogP contribution in [0.5, 0.6) is 11.5 Å². The summed E-state index contributed by atoms with van der Waals surface area (Å²) in [5, 5.41) is 5.73. The number of amides is 2. The van der Waals surface area contributed by atoms with Crippen molar-refractivity contribution in [3.05, 3.63) is 89.0 Å². The number of benzene rings is 3. The lowest BCUT2D eigenvalue weighted by atomic mass is 10.1. The minimum absolute atomic E-state index is 0.207. The molecule has 1 aliphatic rings. The van der Waals surface area contributed by atoms with E-state index in [-0.39, 0.29) is 18.6 Å². The molecule has 4 rings (SSSR count). The van der Waals surface area contributed by atoms with E-state index < -0.39 is 0 Å². The monoisotopic (exact) mass is 388 g/mol. The van der Waals surface area contributed by atoms with Gasteiger partial charge in [-0.3, -0.25) is 9.59 Å². The molecule has 0 atom stereocenters. The van der Waals surface area contributed by atoms with E-state index >= 15 is 0 Å². The molecular weight excluding hydrogens is 368 g/mol. The predicted octanol–water partition coefficient (Wildman–Crippen LogP) is 3.91. The van der Waals surface area contributed by atoms with Crippen molar-refractivity contribution >= 4 is 17.5 Å². The summed E-state index contributed by atoms with van der Waals surface area (Å²) < 4.78 is 10.7. The van der Waals surface area contributed by atoms with Gasteiger partial charge in [-0.05, 0) is 48.4 Å². The van der Waals surface area contributed by atoms with Gasteiger partial charge in [-0.2, -0.15) is 0 Å². The highest BCUT2D eigenvalue weighted by Gasteiger charge is 2.16. The van der Waals surface area contributed by atoms with Crippen molar-refractivity contribution in [2.24, 2.45) is 0 Å². The van der Waals surface area contributed by atoms with E-state index in [4.69, 9.17) is 9.47 Å². The van der Waals surface area contributed by atoms with Gasteiger partial charge in [0.05, 0.1) is 11.3 Å². The molecule has 0 fully saturated rings. The number of anilines is 1. The molecule has 3 aromatic carbocycles. The molecule has 0 radical (unpaired) electrons. The summed E-state index contributed by atoms with van der Waals surface area (Å²) >= 11 is 0. The maximum atomic E-state index is 12.7. The van der Waals surface area contributed by atoms with E-state index in [2.05, 4.69) is 10.6 Å². The Morgan fingerprint density at radius 2 is 1.59 bits per heavy atom. The lowest BCUT2D eigenvalue weighted by molar-refractivity contribution is 0.0951. The standard InChI is InChI=1S/C23H20N2O4/c1-15-6-2-3-7-17(15)23(27)25-19-9-5-4-8-18(19)22(26)24-13-16-10-11-20-21(12-16)29-14-28-20/h2-12H,13-14H2,1H3,(H,24,26)(H,25,27). The summed E-state index contributed by atoms with van der Waals surface area (Å²) in [6, 6.07) is 19.8. The van der Waals surface area contributed by atoms with E-state index in [9.17, 15) is 9.59 Å². The van der Waals surface area contributed by atoms with Gasteiger partial charge in [0.15, 0.2) is 11.5 Å². The molecule has 2 N–H and O–H groups in total. The molecule has 1 aliphatic heterocycles. The molecule has 0 aliphatic carbocycles. The van der Waals surface area contributed by atoms with Gasteiger partial charge in [-0.25, -0.2) is 0 Å². The van der Waals surface area contributed by atoms with Gasteiger partial charge in [0.25, 0.3) is 11.8 Å². The molecule has 0 saturated heterocycles. The second-order valence-corrected chi connectivity index (χ2v) is 6.68. The summed E-state index contributed by atoms with van der Waals surface area (Å²) in [6.45, 7) is 2.41. The van der Waals surface area contributed by atoms with Crippen molar-refractivity contribution in [2.45, 2.75) is 13.5 Å².